The first-order chi connectivity index (χ1) is 15.4. The standard InChI is InChI=1S/C25H26N2O4S/c28-22-19(26-24(31)25(32)13-16-7-1-2-8-17(16)14-25)12-15-6-3-4-9-18(15)20-10-5-11-21(23(29)30)27(20)22/h1-4,6-9,19-21,32H,5,10-14H2,(H,26,31)(H,29,30)/t19-,20?,21-/m0/s1. The Morgan fingerprint density at radius 2 is 1.62 bits per heavy atom. The summed E-state index contributed by atoms with van der Waals surface area (Å²) in [6.45, 7) is 0. The molecule has 7 heteroatoms. The van der Waals surface area contributed by atoms with Gasteiger partial charge >= 0.3 is 5.97 Å². The van der Waals surface area contributed by atoms with Crippen LogP contribution in [-0.4, -0.2) is 44.6 Å². The number of carbonyl (C=O) groups excluding carboxylic acids is 2. The van der Waals surface area contributed by atoms with E-state index in [2.05, 4.69) is 5.32 Å². The molecule has 1 fully saturated rings. The predicted molar refractivity (Wildman–Crippen MR) is 123 cm³/mol. The van der Waals surface area contributed by atoms with Crippen LogP contribution in [-0.2, 0) is 33.6 Å². The summed E-state index contributed by atoms with van der Waals surface area (Å²) in [5.41, 5.74) is 4.15. The van der Waals surface area contributed by atoms with E-state index >= 15 is 0 Å². The molecule has 2 heterocycles. The molecule has 32 heavy (non-hydrogen) atoms. The van der Waals surface area contributed by atoms with E-state index in [0.717, 1.165) is 35.1 Å². The Hall–Kier alpha value is -2.80. The zero-order valence-electron chi connectivity index (χ0n) is 17.7. The number of hydrogen-bond donors (Lipinski definition) is 3. The Kier molecular flexibility index (Phi) is 5.24. The normalized spacial score (nSPS) is 25.8. The third-order valence-electron chi connectivity index (χ3n) is 7.11. The second-order valence-corrected chi connectivity index (χ2v) is 9.99. The zero-order valence-corrected chi connectivity index (χ0v) is 18.6. The molecule has 0 bridgehead atoms. The van der Waals surface area contributed by atoms with Gasteiger partial charge in [0.05, 0.1) is 10.8 Å². The number of rotatable bonds is 3. The largest absolute Gasteiger partial charge is 0.480 e. The van der Waals surface area contributed by atoms with Crippen molar-refractivity contribution in [1.29, 1.82) is 0 Å². The van der Waals surface area contributed by atoms with Crippen LogP contribution in [0.3, 0.4) is 0 Å². The Bertz CT molecular complexity index is 1080. The number of carbonyl (C=O) groups is 3. The maximum absolute atomic E-state index is 13.7. The summed E-state index contributed by atoms with van der Waals surface area (Å²) in [5, 5.41) is 12.8. The van der Waals surface area contributed by atoms with Crippen LogP contribution < -0.4 is 5.32 Å². The highest BCUT2D eigenvalue weighted by Crippen LogP contribution is 2.40. The van der Waals surface area contributed by atoms with Crippen molar-refractivity contribution in [2.45, 2.75) is 61.4 Å². The molecule has 3 aliphatic rings. The Morgan fingerprint density at radius 3 is 2.28 bits per heavy atom. The first-order valence-corrected chi connectivity index (χ1v) is 11.5. The van der Waals surface area contributed by atoms with E-state index in [1.807, 2.05) is 48.5 Å². The van der Waals surface area contributed by atoms with Crippen molar-refractivity contribution in [3.05, 3.63) is 70.8 Å². The Balaban J connectivity index is 1.46. The summed E-state index contributed by atoms with van der Waals surface area (Å²) in [7, 11) is 0. The van der Waals surface area contributed by atoms with Gasteiger partial charge in [-0.1, -0.05) is 48.5 Å². The molecule has 0 radical (unpaired) electrons. The number of hydrogen-bond acceptors (Lipinski definition) is 4. The van der Waals surface area contributed by atoms with Crippen molar-refractivity contribution in [2.75, 3.05) is 0 Å². The molecule has 0 aromatic heterocycles. The summed E-state index contributed by atoms with van der Waals surface area (Å²) < 4.78 is -0.927. The van der Waals surface area contributed by atoms with Crippen molar-refractivity contribution in [3.63, 3.8) is 0 Å². The number of thiol groups is 1. The van der Waals surface area contributed by atoms with Crippen LogP contribution in [0.25, 0.3) is 0 Å². The Morgan fingerprint density at radius 1 is 1.00 bits per heavy atom. The number of nitrogens with zero attached hydrogens (tertiary/aromatic N) is 1. The van der Waals surface area contributed by atoms with Gasteiger partial charge in [-0.25, -0.2) is 4.79 Å². The van der Waals surface area contributed by atoms with E-state index < -0.39 is 22.8 Å². The number of nitrogens with one attached hydrogen (secondary N) is 1. The van der Waals surface area contributed by atoms with Crippen molar-refractivity contribution in [2.24, 2.45) is 0 Å². The van der Waals surface area contributed by atoms with Gasteiger partial charge in [0.1, 0.15) is 12.1 Å². The fourth-order valence-electron chi connectivity index (χ4n) is 5.55. The van der Waals surface area contributed by atoms with Gasteiger partial charge in [-0.15, -0.1) is 0 Å². The topological polar surface area (TPSA) is 86.7 Å². The summed E-state index contributed by atoms with van der Waals surface area (Å²) in [5.74, 6) is -1.60. The van der Waals surface area contributed by atoms with E-state index in [1.165, 1.54) is 4.90 Å². The summed E-state index contributed by atoms with van der Waals surface area (Å²) in [6.07, 6.45) is 3.23. The molecular formula is C25H26N2O4S. The number of carboxylic acid groups (broad SMARTS) is 1. The van der Waals surface area contributed by atoms with Crippen molar-refractivity contribution < 1.29 is 19.5 Å². The highest BCUT2D eigenvalue weighted by molar-refractivity contribution is 7.82. The average molecular weight is 451 g/mol. The fourth-order valence-corrected chi connectivity index (χ4v) is 5.95. The van der Waals surface area contributed by atoms with Gasteiger partial charge in [-0.3, -0.25) is 9.59 Å². The predicted octanol–water partition coefficient (Wildman–Crippen LogP) is 2.70. The van der Waals surface area contributed by atoms with Gasteiger partial charge < -0.3 is 15.3 Å². The van der Waals surface area contributed by atoms with Gasteiger partial charge in [0, 0.05) is 6.42 Å². The highest BCUT2D eigenvalue weighted by Gasteiger charge is 2.47. The van der Waals surface area contributed by atoms with E-state index in [-0.39, 0.29) is 17.9 Å². The maximum atomic E-state index is 13.7. The van der Waals surface area contributed by atoms with Crippen molar-refractivity contribution >= 4 is 30.4 Å². The molecular weight excluding hydrogens is 424 g/mol. The Labute approximate surface area is 192 Å². The number of benzene rings is 2. The minimum Gasteiger partial charge on any atom is -0.480 e. The minimum absolute atomic E-state index is 0.281. The lowest BCUT2D eigenvalue weighted by atomic mass is 9.89. The SMILES string of the molecule is O=C(O)[C@@H]1CCCC2c3ccccc3C[C@H](NC(=O)C3(S)Cc4ccccc4C3)C(=O)N21. The molecule has 3 atom stereocenters. The summed E-state index contributed by atoms with van der Waals surface area (Å²) in [6, 6.07) is 13.7. The number of piperidine rings is 1. The molecule has 2 aromatic carbocycles. The van der Waals surface area contributed by atoms with Gasteiger partial charge in [0.25, 0.3) is 0 Å². The lowest BCUT2D eigenvalue weighted by molar-refractivity contribution is -0.156. The van der Waals surface area contributed by atoms with Crippen molar-refractivity contribution in [3.8, 4) is 0 Å². The lowest BCUT2D eigenvalue weighted by Gasteiger charge is -2.40. The molecule has 2 amide bonds. The second kappa shape index (κ2) is 7.96. The molecule has 166 valence electrons. The van der Waals surface area contributed by atoms with E-state index in [4.69, 9.17) is 12.6 Å². The van der Waals surface area contributed by atoms with Gasteiger partial charge in [-0.2, -0.15) is 12.6 Å². The molecule has 2 N–H and O–H groups in total. The molecule has 0 spiro atoms. The van der Waals surface area contributed by atoms with Crippen LogP contribution in [0.2, 0.25) is 0 Å². The van der Waals surface area contributed by atoms with Gasteiger partial charge in [-0.05, 0) is 54.4 Å². The first-order valence-electron chi connectivity index (χ1n) is 11.1. The van der Waals surface area contributed by atoms with Crippen LogP contribution in [0.5, 0.6) is 0 Å². The fraction of sp³-hybridized carbons (Fsp3) is 0.400. The quantitative estimate of drug-likeness (QED) is 0.628. The van der Waals surface area contributed by atoms with Crippen LogP contribution >= 0.6 is 12.6 Å². The van der Waals surface area contributed by atoms with E-state index in [1.54, 1.807) is 0 Å². The lowest BCUT2D eigenvalue weighted by Crippen LogP contribution is -2.58. The van der Waals surface area contributed by atoms with E-state index in [9.17, 15) is 19.5 Å². The number of amides is 2. The third-order valence-corrected chi connectivity index (χ3v) is 7.63. The number of fused-ring (bicyclic) bond motifs is 4. The molecule has 1 saturated heterocycles. The number of aliphatic carboxylic acids is 1. The highest BCUT2D eigenvalue weighted by atomic mass is 32.1. The smallest absolute Gasteiger partial charge is 0.326 e. The molecule has 1 aliphatic carbocycles. The van der Waals surface area contributed by atoms with Gasteiger partial charge in [0.15, 0.2) is 0 Å². The molecule has 1 unspecified atom stereocenters. The van der Waals surface area contributed by atoms with Crippen LogP contribution in [0, 0.1) is 0 Å². The van der Waals surface area contributed by atoms with Crippen LogP contribution in [0.4, 0.5) is 0 Å². The second-order valence-electron chi connectivity index (χ2n) is 9.13. The molecule has 2 aromatic rings. The summed E-state index contributed by atoms with van der Waals surface area (Å²) in [4.78, 5) is 40.5. The first kappa shape index (κ1) is 21.1. The molecule has 0 saturated carbocycles. The third kappa shape index (κ3) is 3.48. The minimum atomic E-state index is -0.996. The molecule has 5 rings (SSSR count). The van der Waals surface area contributed by atoms with Crippen LogP contribution in [0.1, 0.15) is 47.6 Å². The van der Waals surface area contributed by atoms with Crippen LogP contribution in [0.15, 0.2) is 48.5 Å². The molecule has 2 aliphatic heterocycles. The monoisotopic (exact) mass is 450 g/mol. The zero-order chi connectivity index (χ0) is 22.5. The van der Waals surface area contributed by atoms with Gasteiger partial charge in [0.2, 0.25) is 11.8 Å². The number of carboxylic acids is 1. The average Bonchev–Trinajstić information content (AvgIpc) is 3.09. The van der Waals surface area contributed by atoms with E-state index in [0.29, 0.717) is 25.7 Å². The summed E-state index contributed by atoms with van der Waals surface area (Å²) >= 11 is 4.74. The van der Waals surface area contributed by atoms with Crippen molar-refractivity contribution in [1.82, 2.24) is 10.2 Å². The molecule has 6 nitrogen and oxygen atoms in total. The maximum Gasteiger partial charge on any atom is 0.326 e.